The molecule has 0 atom stereocenters. The Labute approximate surface area is 118 Å². The lowest BCUT2D eigenvalue weighted by Gasteiger charge is -2.10. The zero-order chi connectivity index (χ0) is 15.0. The highest BCUT2D eigenvalue weighted by atomic mass is 16.5. The van der Waals surface area contributed by atoms with Gasteiger partial charge in [-0.15, -0.1) is 0 Å². The topological polar surface area (TPSA) is 65.0 Å². The Morgan fingerprint density at radius 2 is 2.05 bits per heavy atom. The van der Waals surface area contributed by atoms with E-state index in [0.717, 1.165) is 12.8 Å². The van der Waals surface area contributed by atoms with Gasteiger partial charge in [0.15, 0.2) is 11.5 Å². The molecule has 0 bridgehead atoms. The van der Waals surface area contributed by atoms with Crippen LogP contribution in [-0.2, 0) is 9.53 Å². The molecule has 0 aliphatic carbocycles. The monoisotopic (exact) mass is 280 g/mol. The number of phenolic OH excluding ortho intramolecular Hbond substituents is 1. The molecular formula is C15H20O5. The minimum atomic E-state index is -0.421. The fourth-order valence-electron chi connectivity index (χ4n) is 1.60. The van der Waals surface area contributed by atoms with Crippen molar-refractivity contribution in [2.24, 2.45) is 0 Å². The second-order valence-electron chi connectivity index (χ2n) is 4.09. The normalized spacial score (nSPS) is 10.6. The lowest BCUT2D eigenvalue weighted by atomic mass is 10.1. The van der Waals surface area contributed by atoms with E-state index >= 15 is 0 Å². The molecule has 1 N–H and O–H groups in total. The van der Waals surface area contributed by atoms with Crippen molar-refractivity contribution in [3.63, 3.8) is 0 Å². The van der Waals surface area contributed by atoms with Crippen LogP contribution < -0.4 is 9.47 Å². The van der Waals surface area contributed by atoms with Gasteiger partial charge in [0, 0.05) is 11.6 Å². The molecule has 0 aromatic heterocycles. The Hall–Kier alpha value is -2.17. The van der Waals surface area contributed by atoms with Gasteiger partial charge >= 0.3 is 5.97 Å². The number of carbonyl (C=O) groups excluding carboxylic acids is 1. The van der Waals surface area contributed by atoms with Crippen LogP contribution in [0.25, 0.3) is 6.08 Å². The molecule has 0 fully saturated rings. The minimum absolute atomic E-state index is 0.100. The van der Waals surface area contributed by atoms with Crippen molar-refractivity contribution in [2.45, 2.75) is 19.8 Å². The van der Waals surface area contributed by atoms with Crippen LogP contribution in [-0.4, -0.2) is 31.9 Å². The molecule has 1 aromatic rings. The molecule has 1 aromatic carbocycles. The largest absolute Gasteiger partial charge is 0.502 e. The Bertz CT molecular complexity index is 479. The summed E-state index contributed by atoms with van der Waals surface area (Å²) in [6.07, 6.45) is 4.65. The van der Waals surface area contributed by atoms with E-state index in [1.165, 1.54) is 26.4 Å². The first-order valence-electron chi connectivity index (χ1n) is 6.42. The second-order valence-corrected chi connectivity index (χ2v) is 4.09. The van der Waals surface area contributed by atoms with Crippen molar-refractivity contribution in [1.82, 2.24) is 0 Å². The molecule has 110 valence electrons. The number of rotatable bonds is 7. The zero-order valence-corrected chi connectivity index (χ0v) is 12.0. The quantitative estimate of drug-likeness (QED) is 0.472. The summed E-state index contributed by atoms with van der Waals surface area (Å²) in [7, 11) is 2.89. The van der Waals surface area contributed by atoms with Crippen LogP contribution in [0, 0.1) is 0 Å². The standard InChI is InChI=1S/C15H20O5/c1-4-5-10-20-13(16)9-7-11-6-8-12(18-2)14(17)15(11)19-3/h6-9,17H,4-5,10H2,1-3H3. The molecule has 1 rings (SSSR count). The molecule has 5 nitrogen and oxygen atoms in total. The maximum atomic E-state index is 11.5. The van der Waals surface area contributed by atoms with Gasteiger partial charge < -0.3 is 19.3 Å². The van der Waals surface area contributed by atoms with E-state index in [0.29, 0.717) is 17.9 Å². The maximum Gasteiger partial charge on any atom is 0.330 e. The van der Waals surface area contributed by atoms with Crippen molar-refractivity contribution in [3.8, 4) is 17.2 Å². The Kier molecular flexibility index (Phi) is 6.43. The van der Waals surface area contributed by atoms with Crippen molar-refractivity contribution < 1.29 is 24.1 Å². The summed E-state index contributed by atoms with van der Waals surface area (Å²) >= 11 is 0. The molecule has 5 heteroatoms. The third kappa shape index (κ3) is 4.19. The number of benzene rings is 1. The Morgan fingerprint density at radius 3 is 2.65 bits per heavy atom. The highest BCUT2D eigenvalue weighted by molar-refractivity contribution is 5.88. The number of aromatic hydroxyl groups is 1. The first-order chi connectivity index (χ1) is 9.63. The number of ether oxygens (including phenoxy) is 3. The van der Waals surface area contributed by atoms with Crippen LogP contribution >= 0.6 is 0 Å². The van der Waals surface area contributed by atoms with E-state index in [1.54, 1.807) is 12.1 Å². The second kappa shape index (κ2) is 8.09. The van der Waals surface area contributed by atoms with Crippen LogP contribution in [0.2, 0.25) is 0 Å². The third-order valence-corrected chi connectivity index (χ3v) is 2.69. The molecule has 0 saturated heterocycles. The summed E-state index contributed by atoms with van der Waals surface area (Å²) in [5.41, 5.74) is 0.568. The van der Waals surface area contributed by atoms with Crippen LogP contribution in [0.4, 0.5) is 0 Å². The summed E-state index contributed by atoms with van der Waals surface area (Å²) in [6.45, 7) is 2.43. The fourth-order valence-corrected chi connectivity index (χ4v) is 1.60. The summed E-state index contributed by atoms with van der Waals surface area (Å²) in [5, 5.41) is 9.91. The number of carbonyl (C=O) groups is 1. The van der Waals surface area contributed by atoms with Crippen LogP contribution in [0.15, 0.2) is 18.2 Å². The van der Waals surface area contributed by atoms with E-state index in [9.17, 15) is 9.90 Å². The summed E-state index contributed by atoms with van der Waals surface area (Å²) in [6, 6.07) is 3.28. The molecule has 0 amide bonds. The first kappa shape index (κ1) is 15.9. The van der Waals surface area contributed by atoms with Crippen LogP contribution in [0.3, 0.4) is 0 Å². The van der Waals surface area contributed by atoms with Crippen molar-refractivity contribution >= 4 is 12.0 Å². The minimum Gasteiger partial charge on any atom is -0.502 e. The summed E-state index contributed by atoms with van der Waals surface area (Å²) in [5.74, 6) is 0.0405. The van der Waals surface area contributed by atoms with Gasteiger partial charge in [-0.2, -0.15) is 0 Å². The van der Waals surface area contributed by atoms with Crippen LogP contribution in [0.5, 0.6) is 17.2 Å². The van der Waals surface area contributed by atoms with Gasteiger partial charge in [-0.25, -0.2) is 4.79 Å². The molecule has 0 radical (unpaired) electrons. The predicted molar refractivity (Wildman–Crippen MR) is 76.1 cm³/mol. The average molecular weight is 280 g/mol. The van der Waals surface area contributed by atoms with Crippen molar-refractivity contribution in [1.29, 1.82) is 0 Å². The highest BCUT2D eigenvalue weighted by Crippen LogP contribution is 2.39. The summed E-state index contributed by atoms with van der Waals surface area (Å²) in [4.78, 5) is 11.5. The van der Waals surface area contributed by atoms with E-state index in [-0.39, 0.29) is 11.5 Å². The molecule has 20 heavy (non-hydrogen) atoms. The van der Waals surface area contributed by atoms with Gasteiger partial charge in [0.25, 0.3) is 0 Å². The fraction of sp³-hybridized carbons (Fsp3) is 0.400. The van der Waals surface area contributed by atoms with Gasteiger partial charge in [0.2, 0.25) is 5.75 Å². The smallest absolute Gasteiger partial charge is 0.330 e. The number of hydrogen-bond acceptors (Lipinski definition) is 5. The van der Waals surface area contributed by atoms with Gasteiger partial charge in [0.05, 0.1) is 20.8 Å². The Morgan fingerprint density at radius 1 is 1.30 bits per heavy atom. The maximum absolute atomic E-state index is 11.5. The van der Waals surface area contributed by atoms with Gasteiger partial charge in [-0.1, -0.05) is 13.3 Å². The number of esters is 1. The molecule has 0 unspecified atom stereocenters. The lowest BCUT2D eigenvalue weighted by Crippen LogP contribution is -2.01. The van der Waals surface area contributed by atoms with Crippen molar-refractivity contribution in [2.75, 3.05) is 20.8 Å². The number of phenols is 1. The van der Waals surface area contributed by atoms with E-state index in [2.05, 4.69) is 0 Å². The molecule has 0 aliphatic heterocycles. The Balaban J connectivity index is 2.81. The first-order valence-corrected chi connectivity index (χ1v) is 6.42. The molecule has 0 spiro atoms. The van der Waals surface area contributed by atoms with Crippen molar-refractivity contribution in [3.05, 3.63) is 23.8 Å². The molecular weight excluding hydrogens is 260 g/mol. The van der Waals surface area contributed by atoms with Gasteiger partial charge in [-0.05, 0) is 24.6 Å². The lowest BCUT2D eigenvalue weighted by molar-refractivity contribution is -0.137. The molecule has 0 heterocycles. The number of hydrogen-bond donors (Lipinski definition) is 1. The molecule has 0 saturated carbocycles. The predicted octanol–water partition coefficient (Wildman–Crippen LogP) is 2.77. The van der Waals surface area contributed by atoms with E-state index in [1.807, 2.05) is 6.92 Å². The SMILES string of the molecule is CCCCOC(=O)C=Cc1ccc(OC)c(O)c1OC. The van der Waals surface area contributed by atoms with E-state index in [4.69, 9.17) is 14.2 Å². The number of methoxy groups -OCH3 is 2. The molecule has 0 aliphatic rings. The van der Waals surface area contributed by atoms with Gasteiger partial charge in [-0.3, -0.25) is 0 Å². The third-order valence-electron chi connectivity index (χ3n) is 2.69. The van der Waals surface area contributed by atoms with E-state index < -0.39 is 5.97 Å². The summed E-state index contributed by atoms with van der Waals surface area (Å²) < 4.78 is 15.1. The van der Waals surface area contributed by atoms with Crippen LogP contribution in [0.1, 0.15) is 25.3 Å². The number of unbranched alkanes of at least 4 members (excludes halogenated alkanes) is 1. The zero-order valence-electron chi connectivity index (χ0n) is 12.0. The highest BCUT2D eigenvalue weighted by Gasteiger charge is 2.12. The average Bonchev–Trinajstić information content (AvgIpc) is 2.45. The van der Waals surface area contributed by atoms with Gasteiger partial charge in [0.1, 0.15) is 0 Å².